The summed E-state index contributed by atoms with van der Waals surface area (Å²) in [6.45, 7) is 1.93. The summed E-state index contributed by atoms with van der Waals surface area (Å²) < 4.78 is 5.08. The van der Waals surface area contributed by atoms with Gasteiger partial charge in [-0.15, -0.1) is 0 Å². The average molecular weight is 304 g/mol. The molecule has 2 atom stereocenters. The molecule has 0 radical (unpaired) electrons. The molecule has 1 aromatic rings. The fourth-order valence-corrected chi connectivity index (χ4v) is 2.39. The first kappa shape index (κ1) is 16.2. The summed E-state index contributed by atoms with van der Waals surface area (Å²) >= 11 is 0. The van der Waals surface area contributed by atoms with Crippen LogP contribution in [0.15, 0.2) is 24.3 Å². The van der Waals surface area contributed by atoms with Crippen LogP contribution in [0.25, 0.3) is 0 Å². The number of benzene rings is 1. The van der Waals surface area contributed by atoms with Crippen LogP contribution in [0, 0.1) is 0 Å². The molecule has 1 aromatic carbocycles. The predicted octanol–water partition coefficient (Wildman–Crippen LogP) is 0.242. The molecule has 0 spiro atoms. The minimum absolute atomic E-state index is 0.135. The van der Waals surface area contributed by atoms with E-state index in [1.165, 1.54) is 6.92 Å². The van der Waals surface area contributed by atoms with Gasteiger partial charge in [0.2, 0.25) is 5.91 Å². The number of carbonyl (C=O) groups excluding carboxylic acids is 3. The highest BCUT2D eigenvalue weighted by atomic mass is 16.5. The van der Waals surface area contributed by atoms with E-state index in [9.17, 15) is 14.4 Å². The number of ketones is 2. The van der Waals surface area contributed by atoms with E-state index in [1.54, 1.807) is 19.2 Å². The number of hydrogen-bond acceptors (Lipinski definition) is 5. The largest absolute Gasteiger partial charge is 0.497 e. The van der Waals surface area contributed by atoms with Gasteiger partial charge in [-0.3, -0.25) is 19.7 Å². The minimum atomic E-state index is -0.835. The molecule has 1 heterocycles. The van der Waals surface area contributed by atoms with Gasteiger partial charge in [0.25, 0.3) is 0 Å². The molecule has 22 heavy (non-hydrogen) atoms. The second-order valence-corrected chi connectivity index (χ2v) is 5.33. The molecule has 2 rings (SSSR count). The van der Waals surface area contributed by atoms with Crippen LogP contribution in [0.2, 0.25) is 0 Å². The highest BCUT2D eigenvalue weighted by molar-refractivity contribution is 6.07. The first-order chi connectivity index (χ1) is 10.5. The molecule has 1 aliphatic rings. The van der Waals surface area contributed by atoms with E-state index in [1.807, 2.05) is 12.1 Å². The number of hydrogen-bond donors (Lipinski definition) is 2. The number of carbonyl (C=O) groups is 3. The molecule has 0 aromatic heterocycles. The Morgan fingerprint density at radius 2 is 2.05 bits per heavy atom. The molecule has 0 unspecified atom stereocenters. The Balaban J connectivity index is 2.01. The third kappa shape index (κ3) is 3.92. The molecule has 1 aliphatic heterocycles. The topological polar surface area (TPSA) is 84.5 Å². The molecular weight excluding hydrogens is 284 g/mol. The van der Waals surface area contributed by atoms with E-state index in [-0.39, 0.29) is 11.6 Å². The maximum atomic E-state index is 12.1. The van der Waals surface area contributed by atoms with Gasteiger partial charge in [-0.05, 0) is 31.0 Å². The second kappa shape index (κ2) is 7.17. The minimum Gasteiger partial charge on any atom is -0.497 e. The standard InChI is InChI=1S/C16H20N2O4/c1-10(19)13(9-11-3-5-12(22-2)6-4-11)18-16(21)15-14(20)7-8-17-15/h3-6,13,15,17H,7-9H2,1-2H3,(H,18,21)/t13-,15+/m0/s1. The van der Waals surface area contributed by atoms with Gasteiger partial charge in [-0.2, -0.15) is 0 Å². The number of ether oxygens (including phenoxy) is 1. The molecule has 118 valence electrons. The Hall–Kier alpha value is -2.21. The Morgan fingerprint density at radius 3 is 2.55 bits per heavy atom. The Labute approximate surface area is 129 Å². The van der Waals surface area contributed by atoms with Crippen molar-refractivity contribution >= 4 is 17.5 Å². The zero-order chi connectivity index (χ0) is 16.1. The first-order valence-electron chi connectivity index (χ1n) is 7.21. The third-order valence-corrected chi connectivity index (χ3v) is 3.71. The van der Waals surface area contributed by atoms with Gasteiger partial charge in [0.1, 0.15) is 11.8 Å². The van der Waals surface area contributed by atoms with Crippen LogP contribution in [0.5, 0.6) is 5.75 Å². The van der Waals surface area contributed by atoms with E-state index >= 15 is 0 Å². The number of methoxy groups -OCH3 is 1. The fraction of sp³-hybridized carbons (Fsp3) is 0.438. The van der Waals surface area contributed by atoms with E-state index in [2.05, 4.69) is 10.6 Å². The second-order valence-electron chi connectivity index (χ2n) is 5.33. The summed E-state index contributed by atoms with van der Waals surface area (Å²) in [5.74, 6) is 0.0167. The number of amides is 1. The maximum Gasteiger partial charge on any atom is 0.245 e. The third-order valence-electron chi connectivity index (χ3n) is 3.71. The monoisotopic (exact) mass is 304 g/mol. The van der Waals surface area contributed by atoms with Crippen LogP contribution in [-0.2, 0) is 20.8 Å². The van der Waals surface area contributed by atoms with Gasteiger partial charge >= 0.3 is 0 Å². The zero-order valence-corrected chi connectivity index (χ0v) is 12.7. The van der Waals surface area contributed by atoms with Crippen molar-refractivity contribution in [1.82, 2.24) is 10.6 Å². The van der Waals surface area contributed by atoms with Crippen molar-refractivity contribution in [2.45, 2.75) is 31.8 Å². The van der Waals surface area contributed by atoms with Gasteiger partial charge in [-0.25, -0.2) is 0 Å². The molecule has 1 fully saturated rings. The van der Waals surface area contributed by atoms with Crippen LogP contribution < -0.4 is 15.4 Å². The summed E-state index contributed by atoms with van der Waals surface area (Å²) in [5.41, 5.74) is 0.909. The van der Waals surface area contributed by atoms with E-state index in [0.29, 0.717) is 19.4 Å². The summed E-state index contributed by atoms with van der Waals surface area (Å²) in [6.07, 6.45) is 0.729. The molecule has 1 amide bonds. The number of Topliss-reactive ketones (excluding diaryl/α,β-unsaturated/α-hetero) is 2. The lowest BCUT2D eigenvalue weighted by Gasteiger charge is -2.18. The van der Waals surface area contributed by atoms with Crippen molar-refractivity contribution in [1.29, 1.82) is 0 Å². The van der Waals surface area contributed by atoms with Crippen molar-refractivity contribution in [3.63, 3.8) is 0 Å². The van der Waals surface area contributed by atoms with E-state index in [4.69, 9.17) is 4.74 Å². The van der Waals surface area contributed by atoms with Crippen LogP contribution in [0.3, 0.4) is 0 Å². The molecule has 0 saturated carbocycles. The quantitative estimate of drug-likeness (QED) is 0.736. The summed E-state index contributed by atoms with van der Waals surface area (Å²) in [4.78, 5) is 35.4. The molecule has 6 nitrogen and oxygen atoms in total. The lowest BCUT2D eigenvalue weighted by molar-refractivity contribution is -0.132. The van der Waals surface area contributed by atoms with Crippen LogP contribution in [-0.4, -0.2) is 43.2 Å². The van der Waals surface area contributed by atoms with Gasteiger partial charge in [-0.1, -0.05) is 12.1 Å². The molecule has 2 N–H and O–H groups in total. The van der Waals surface area contributed by atoms with Crippen LogP contribution in [0.4, 0.5) is 0 Å². The van der Waals surface area contributed by atoms with E-state index < -0.39 is 18.0 Å². The summed E-state index contributed by atoms with van der Waals surface area (Å²) in [6, 6.07) is 5.82. The lowest BCUT2D eigenvalue weighted by atomic mass is 10.0. The lowest BCUT2D eigenvalue weighted by Crippen LogP contribution is -2.50. The average Bonchev–Trinajstić information content (AvgIpc) is 2.93. The van der Waals surface area contributed by atoms with Gasteiger partial charge in [0.05, 0.1) is 13.2 Å². The van der Waals surface area contributed by atoms with Crippen LogP contribution >= 0.6 is 0 Å². The molecule has 1 saturated heterocycles. The van der Waals surface area contributed by atoms with Gasteiger partial charge in [0.15, 0.2) is 11.6 Å². The van der Waals surface area contributed by atoms with Gasteiger partial charge in [0, 0.05) is 13.0 Å². The zero-order valence-electron chi connectivity index (χ0n) is 12.7. The summed E-state index contributed by atoms with van der Waals surface area (Å²) in [5, 5.41) is 5.50. The highest BCUT2D eigenvalue weighted by Crippen LogP contribution is 2.13. The van der Waals surface area contributed by atoms with Crippen LogP contribution in [0.1, 0.15) is 18.9 Å². The van der Waals surface area contributed by atoms with Crippen molar-refractivity contribution in [2.75, 3.05) is 13.7 Å². The normalized spacial score (nSPS) is 18.8. The summed E-state index contributed by atoms with van der Waals surface area (Å²) in [7, 11) is 1.58. The molecular formula is C16H20N2O4. The van der Waals surface area contributed by atoms with Crippen molar-refractivity contribution in [3.05, 3.63) is 29.8 Å². The Kier molecular flexibility index (Phi) is 5.27. The number of nitrogens with one attached hydrogen (secondary N) is 2. The molecule has 0 aliphatic carbocycles. The number of rotatable bonds is 6. The van der Waals surface area contributed by atoms with Gasteiger partial charge < -0.3 is 10.1 Å². The van der Waals surface area contributed by atoms with E-state index in [0.717, 1.165) is 11.3 Å². The maximum absolute atomic E-state index is 12.1. The highest BCUT2D eigenvalue weighted by Gasteiger charge is 2.32. The fourth-order valence-electron chi connectivity index (χ4n) is 2.39. The van der Waals surface area contributed by atoms with Crippen molar-refractivity contribution in [3.8, 4) is 5.75 Å². The predicted molar refractivity (Wildman–Crippen MR) is 80.7 cm³/mol. The SMILES string of the molecule is COc1ccc(C[C@H](NC(=O)[C@@H]2NCCC2=O)C(C)=O)cc1. The smallest absolute Gasteiger partial charge is 0.245 e. The molecule has 0 bridgehead atoms. The van der Waals surface area contributed by atoms with Crippen molar-refractivity contribution < 1.29 is 19.1 Å². The van der Waals surface area contributed by atoms with Crippen molar-refractivity contribution in [2.24, 2.45) is 0 Å². The first-order valence-corrected chi connectivity index (χ1v) is 7.21. The molecule has 6 heteroatoms. The Morgan fingerprint density at radius 1 is 1.36 bits per heavy atom. The Bertz CT molecular complexity index is 568.